The maximum absolute atomic E-state index is 11.9. The van der Waals surface area contributed by atoms with Crippen LogP contribution in [0.25, 0.3) is 0 Å². The summed E-state index contributed by atoms with van der Waals surface area (Å²) in [5.41, 5.74) is 1.96. The molecular formula is C12H13N3O2. The lowest BCUT2D eigenvalue weighted by atomic mass is 10.2. The number of benzene rings is 1. The van der Waals surface area contributed by atoms with Crippen LogP contribution in [0.15, 0.2) is 30.7 Å². The van der Waals surface area contributed by atoms with Gasteiger partial charge in [-0.15, -0.1) is 0 Å². The fraction of sp³-hybridized carbons (Fsp3) is 0.167. The Balaban J connectivity index is 2.22. The van der Waals surface area contributed by atoms with Crippen LogP contribution in [0.5, 0.6) is 5.75 Å². The van der Waals surface area contributed by atoms with Gasteiger partial charge in [0.15, 0.2) is 0 Å². The van der Waals surface area contributed by atoms with Crippen LogP contribution in [0.1, 0.15) is 16.1 Å². The van der Waals surface area contributed by atoms with Gasteiger partial charge in [0.25, 0.3) is 5.91 Å². The van der Waals surface area contributed by atoms with Crippen molar-refractivity contribution in [1.29, 1.82) is 0 Å². The van der Waals surface area contributed by atoms with Crippen LogP contribution in [-0.4, -0.2) is 20.6 Å². The van der Waals surface area contributed by atoms with E-state index in [9.17, 15) is 9.90 Å². The quantitative estimate of drug-likeness (QED) is 0.773. The zero-order valence-corrected chi connectivity index (χ0v) is 9.64. The number of aromatic nitrogens is 2. The normalized spacial score (nSPS) is 10.2. The third kappa shape index (κ3) is 2.28. The summed E-state index contributed by atoms with van der Waals surface area (Å²) < 4.78 is 1.64. The molecule has 0 aliphatic carbocycles. The number of aromatic hydroxyl groups is 1. The Morgan fingerprint density at radius 2 is 2.24 bits per heavy atom. The molecule has 88 valence electrons. The SMILES string of the molecule is Cc1cc(O)ccc1NC(=O)c1cncn1C. The summed E-state index contributed by atoms with van der Waals surface area (Å²) in [6, 6.07) is 4.80. The first kappa shape index (κ1) is 11.2. The number of carbonyl (C=O) groups is 1. The third-order valence-electron chi connectivity index (χ3n) is 2.51. The van der Waals surface area contributed by atoms with Crippen molar-refractivity contribution >= 4 is 11.6 Å². The number of imidazole rings is 1. The van der Waals surface area contributed by atoms with Gasteiger partial charge in [0, 0.05) is 12.7 Å². The van der Waals surface area contributed by atoms with Gasteiger partial charge < -0.3 is 15.0 Å². The Morgan fingerprint density at radius 3 is 2.82 bits per heavy atom. The van der Waals surface area contributed by atoms with Crippen LogP contribution in [0.2, 0.25) is 0 Å². The predicted molar refractivity (Wildman–Crippen MR) is 64.0 cm³/mol. The van der Waals surface area contributed by atoms with Crippen LogP contribution in [0.3, 0.4) is 0 Å². The first-order valence-corrected chi connectivity index (χ1v) is 5.15. The summed E-state index contributed by atoms with van der Waals surface area (Å²) in [5, 5.41) is 12.0. The molecule has 0 fully saturated rings. The monoisotopic (exact) mass is 231 g/mol. The van der Waals surface area contributed by atoms with Gasteiger partial charge >= 0.3 is 0 Å². The van der Waals surface area contributed by atoms with E-state index in [0.29, 0.717) is 11.4 Å². The van der Waals surface area contributed by atoms with Gasteiger partial charge in [-0.25, -0.2) is 4.98 Å². The molecule has 0 saturated heterocycles. The zero-order valence-electron chi connectivity index (χ0n) is 9.64. The number of phenols is 1. The molecule has 1 heterocycles. The standard InChI is InChI=1S/C12H13N3O2/c1-8-5-9(16)3-4-10(8)14-12(17)11-6-13-7-15(11)2/h3-7,16H,1-2H3,(H,14,17). The van der Waals surface area contributed by atoms with Crippen LogP contribution in [-0.2, 0) is 7.05 Å². The van der Waals surface area contributed by atoms with Gasteiger partial charge in [-0.1, -0.05) is 0 Å². The van der Waals surface area contributed by atoms with Crippen molar-refractivity contribution in [1.82, 2.24) is 9.55 Å². The lowest BCUT2D eigenvalue weighted by Gasteiger charge is -2.08. The van der Waals surface area contributed by atoms with E-state index in [1.54, 1.807) is 30.1 Å². The van der Waals surface area contributed by atoms with E-state index in [0.717, 1.165) is 5.56 Å². The van der Waals surface area contributed by atoms with Crippen molar-refractivity contribution in [3.63, 3.8) is 0 Å². The second kappa shape index (κ2) is 4.29. The maximum Gasteiger partial charge on any atom is 0.273 e. The molecule has 0 atom stereocenters. The van der Waals surface area contributed by atoms with E-state index in [4.69, 9.17) is 0 Å². The maximum atomic E-state index is 11.9. The fourth-order valence-corrected chi connectivity index (χ4v) is 1.55. The Hall–Kier alpha value is -2.30. The molecule has 5 heteroatoms. The number of hydrogen-bond donors (Lipinski definition) is 2. The van der Waals surface area contributed by atoms with Crippen LogP contribution < -0.4 is 5.32 Å². The van der Waals surface area contributed by atoms with Crippen molar-refractivity contribution in [2.45, 2.75) is 6.92 Å². The molecular weight excluding hydrogens is 218 g/mol. The average Bonchev–Trinajstić information content (AvgIpc) is 2.68. The number of carbonyl (C=O) groups excluding carboxylic acids is 1. The van der Waals surface area contributed by atoms with Gasteiger partial charge in [0.2, 0.25) is 0 Å². The highest BCUT2D eigenvalue weighted by Gasteiger charge is 2.11. The molecule has 0 aliphatic heterocycles. The summed E-state index contributed by atoms with van der Waals surface area (Å²) in [6.07, 6.45) is 3.07. The number of anilines is 1. The average molecular weight is 231 g/mol. The van der Waals surface area contributed by atoms with Crippen LogP contribution >= 0.6 is 0 Å². The third-order valence-corrected chi connectivity index (χ3v) is 2.51. The second-order valence-corrected chi connectivity index (χ2v) is 3.84. The Bertz CT molecular complexity index is 561. The number of rotatable bonds is 2. The summed E-state index contributed by atoms with van der Waals surface area (Å²) in [4.78, 5) is 15.8. The topological polar surface area (TPSA) is 67.2 Å². The minimum atomic E-state index is -0.223. The van der Waals surface area contributed by atoms with Gasteiger partial charge in [0.1, 0.15) is 11.4 Å². The molecule has 0 bridgehead atoms. The van der Waals surface area contributed by atoms with E-state index in [2.05, 4.69) is 10.3 Å². The van der Waals surface area contributed by atoms with Crippen molar-refractivity contribution in [3.8, 4) is 5.75 Å². The molecule has 1 amide bonds. The Labute approximate surface area is 98.7 Å². The lowest BCUT2D eigenvalue weighted by molar-refractivity contribution is 0.101. The molecule has 0 aliphatic rings. The zero-order chi connectivity index (χ0) is 12.4. The van der Waals surface area contributed by atoms with Gasteiger partial charge in [-0.05, 0) is 30.7 Å². The largest absolute Gasteiger partial charge is 0.508 e. The molecule has 0 unspecified atom stereocenters. The van der Waals surface area contributed by atoms with E-state index in [-0.39, 0.29) is 11.7 Å². The molecule has 2 N–H and O–H groups in total. The molecule has 0 radical (unpaired) electrons. The van der Waals surface area contributed by atoms with Crippen molar-refractivity contribution in [2.75, 3.05) is 5.32 Å². The van der Waals surface area contributed by atoms with Crippen LogP contribution in [0.4, 0.5) is 5.69 Å². The summed E-state index contributed by atoms with van der Waals surface area (Å²) in [5.74, 6) is -0.0418. The number of aryl methyl sites for hydroxylation is 2. The molecule has 0 spiro atoms. The van der Waals surface area contributed by atoms with Gasteiger partial charge in [-0.3, -0.25) is 4.79 Å². The summed E-state index contributed by atoms with van der Waals surface area (Å²) in [7, 11) is 1.76. The van der Waals surface area contributed by atoms with E-state index in [1.807, 2.05) is 6.92 Å². The smallest absolute Gasteiger partial charge is 0.273 e. The van der Waals surface area contributed by atoms with Crippen molar-refractivity contribution in [3.05, 3.63) is 42.0 Å². The molecule has 5 nitrogen and oxygen atoms in total. The number of amides is 1. The summed E-state index contributed by atoms with van der Waals surface area (Å²) in [6.45, 7) is 1.82. The highest BCUT2D eigenvalue weighted by molar-refractivity contribution is 6.03. The van der Waals surface area contributed by atoms with Gasteiger partial charge in [0.05, 0.1) is 12.5 Å². The fourth-order valence-electron chi connectivity index (χ4n) is 1.55. The summed E-state index contributed by atoms with van der Waals surface area (Å²) >= 11 is 0. The highest BCUT2D eigenvalue weighted by atomic mass is 16.3. The minimum Gasteiger partial charge on any atom is -0.508 e. The van der Waals surface area contributed by atoms with E-state index in [1.165, 1.54) is 12.3 Å². The number of nitrogens with zero attached hydrogens (tertiary/aromatic N) is 2. The number of hydrogen-bond acceptors (Lipinski definition) is 3. The van der Waals surface area contributed by atoms with E-state index >= 15 is 0 Å². The van der Waals surface area contributed by atoms with Crippen LogP contribution in [0, 0.1) is 6.92 Å². The van der Waals surface area contributed by atoms with Crippen molar-refractivity contribution in [2.24, 2.45) is 7.05 Å². The predicted octanol–water partition coefficient (Wildman–Crippen LogP) is 1.69. The molecule has 17 heavy (non-hydrogen) atoms. The lowest BCUT2D eigenvalue weighted by Crippen LogP contribution is -2.15. The Kier molecular flexibility index (Phi) is 2.82. The van der Waals surface area contributed by atoms with Gasteiger partial charge in [-0.2, -0.15) is 0 Å². The first-order chi connectivity index (χ1) is 8.08. The minimum absolute atomic E-state index is 0.182. The number of phenolic OH excluding ortho intramolecular Hbond substituents is 1. The first-order valence-electron chi connectivity index (χ1n) is 5.15. The highest BCUT2D eigenvalue weighted by Crippen LogP contribution is 2.20. The Morgan fingerprint density at radius 1 is 1.47 bits per heavy atom. The van der Waals surface area contributed by atoms with E-state index < -0.39 is 0 Å². The molecule has 1 aromatic heterocycles. The number of nitrogens with one attached hydrogen (secondary N) is 1. The van der Waals surface area contributed by atoms with Crippen molar-refractivity contribution < 1.29 is 9.90 Å². The molecule has 2 aromatic rings. The molecule has 1 aromatic carbocycles. The molecule has 0 saturated carbocycles. The molecule has 2 rings (SSSR count). The second-order valence-electron chi connectivity index (χ2n) is 3.84.